The molecular formula is C21H20N2O. The monoisotopic (exact) mass is 316 g/mol. The molecule has 0 fully saturated rings. The summed E-state index contributed by atoms with van der Waals surface area (Å²) in [6, 6.07) is 14.4. The number of aryl methyl sites for hydroxylation is 1. The maximum atomic E-state index is 12.8. The minimum Gasteiger partial charge on any atom is -0.360 e. The number of nitrogens with one attached hydrogen (secondary N) is 1. The van der Waals surface area contributed by atoms with E-state index < -0.39 is 0 Å². The molecule has 0 unspecified atom stereocenters. The van der Waals surface area contributed by atoms with Crippen molar-refractivity contribution in [2.45, 2.75) is 20.3 Å². The van der Waals surface area contributed by atoms with Crippen LogP contribution in [0, 0.1) is 0 Å². The van der Waals surface area contributed by atoms with Crippen LogP contribution in [-0.2, 0) is 11.2 Å². The third-order valence-electron chi connectivity index (χ3n) is 4.79. The molecule has 120 valence electrons. The molecule has 0 saturated carbocycles. The lowest BCUT2D eigenvalue weighted by atomic mass is 10.0. The molecule has 0 aliphatic carbocycles. The van der Waals surface area contributed by atoms with Crippen molar-refractivity contribution < 1.29 is 4.79 Å². The smallest absolute Gasteiger partial charge is 0.258 e. The second-order valence-corrected chi connectivity index (χ2v) is 6.06. The number of carbonyl (C=O) groups excluding carboxylic acids is 1. The second-order valence-electron chi connectivity index (χ2n) is 6.06. The number of rotatable bonds is 3. The van der Waals surface area contributed by atoms with E-state index in [1.807, 2.05) is 48.4 Å². The van der Waals surface area contributed by atoms with Gasteiger partial charge in [-0.1, -0.05) is 43.3 Å². The molecule has 1 aliphatic heterocycles. The highest BCUT2D eigenvalue weighted by atomic mass is 16.2. The van der Waals surface area contributed by atoms with Gasteiger partial charge in [0.15, 0.2) is 0 Å². The summed E-state index contributed by atoms with van der Waals surface area (Å²) in [6.07, 6.45) is 5.01. The van der Waals surface area contributed by atoms with Gasteiger partial charge in [0.2, 0.25) is 0 Å². The second kappa shape index (κ2) is 5.68. The van der Waals surface area contributed by atoms with Crippen LogP contribution in [0.2, 0.25) is 0 Å². The topological polar surface area (TPSA) is 36.1 Å². The van der Waals surface area contributed by atoms with Crippen LogP contribution in [0.3, 0.4) is 0 Å². The van der Waals surface area contributed by atoms with Gasteiger partial charge in [-0.25, -0.2) is 0 Å². The standard InChI is InChI=1S/C21H20N2O/c1-3-14-8-7-10-16-15(13-22-20(14)16)12-18-17-9-5-6-11-19(17)23(4-2)21(18)24/h5-13,22H,3-4H2,1-2H3/b18-12+. The molecule has 0 atom stereocenters. The Labute approximate surface area is 141 Å². The quantitative estimate of drug-likeness (QED) is 0.702. The Morgan fingerprint density at radius 1 is 1.08 bits per heavy atom. The molecule has 2 aromatic carbocycles. The summed E-state index contributed by atoms with van der Waals surface area (Å²) in [7, 11) is 0. The number of aromatic amines is 1. The van der Waals surface area contributed by atoms with Crippen molar-refractivity contribution in [3.8, 4) is 0 Å². The van der Waals surface area contributed by atoms with Gasteiger partial charge in [-0.2, -0.15) is 0 Å². The summed E-state index contributed by atoms with van der Waals surface area (Å²) in [5.41, 5.74) is 6.32. The molecule has 1 N–H and O–H groups in total. The molecule has 0 spiro atoms. The van der Waals surface area contributed by atoms with Crippen LogP contribution in [0.25, 0.3) is 22.6 Å². The van der Waals surface area contributed by atoms with Gasteiger partial charge in [0.1, 0.15) is 0 Å². The van der Waals surface area contributed by atoms with Crippen molar-refractivity contribution >= 4 is 34.1 Å². The Hall–Kier alpha value is -2.81. The SMILES string of the molecule is CCc1cccc2c(/C=C3/C(=O)N(CC)c4ccccc43)c[nH]c12. The Morgan fingerprint density at radius 2 is 1.92 bits per heavy atom. The fourth-order valence-electron chi connectivity index (χ4n) is 3.57. The molecule has 3 aromatic rings. The number of benzene rings is 2. The number of likely N-dealkylation sites (N-methyl/N-ethyl adjacent to an activating group) is 1. The highest BCUT2D eigenvalue weighted by molar-refractivity contribution is 6.36. The van der Waals surface area contributed by atoms with Gasteiger partial charge in [0.05, 0.1) is 5.69 Å². The molecule has 1 amide bonds. The van der Waals surface area contributed by atoms with Crippen LogP contribution < -0.4 is 4.90 Å². The van der Waals surface area contributed by atoms with E-state index in [4.69, 9.17) is 0 Å². The van der Waals surface area contributed by atoms with Crippen molar-refractivity contribution in [3.05, 3.63) is 65.4 Å². The molecule has 4 rings (SSSR count). The van der Waals surface area contributed by atoms with Crippen LogP contribution in [0.5, 0.6) is 0 Å². The van der Waals surface area contributed by atoms with E-state index in [0.717, 1.165) is 34.3 Å². The zero-order chi connectivity index (χ0) is 16.7. The van der Waals surface area contributed by atoms with Crippen LogP contribution in [0.4, 0.5) is 5.69 Å². The third kappa shape index (κ3) is 2.08. The molecule has 0 saturated heterocycles. The minimum atomic E-state index is 0.0831. The molecule has 1 aliphatic rings. The Morgan fingerprint density at radius 3 is 2.71 bits per heavy atom. The Balaban J connectivity index is 1.89. The van der Waals surface area contributed by atoms with Gasteiger partial charge in [-0.15, -0.1) is 0 Å². The molecule has 0 bridgehead atoms. The first-order chi connectivity index (χ1) is 11.7. The van der Waals surface area contributed by atoms with Crippen molar-refractivity contribution in [2.75, 3.05) is 11.4 Å². The molecular weight excluding hydrogens is 296 g/mol. The lowest BCUT2D eigenvalue weighted by Gasteiger charge is -2.13. The van der Waals surface area contributed by atoms with Crippen molar-refractivity contribution in [3.63, 3.8) is 0 Å². The predicted octanol–water partition coefficient (Wildman–Crippen LogP) is 4.64. The number of nitrogens with zero attached hydrogens (tertiary/aromatic N) is 1. The van der Waals surface area contributed by atoms with Gasteiger partial charge < -0.3 is 9.88 Å². The predicted molar refractivity (Wildman–Crippen MR) is 100 cm³/mol. The molecule has 1 aromatic heterocycles. The number of para-hydroxylation sites is 2. The van der Waals surface area contributed by atoms with E-state index in [-0.39, 0.29) is 5.91 Å². The number of hydrogen-bond donors (Lipinski definition) is 1. The Bertz CT molecular complexity index is 965. The first kappa shape index (κ1) is 14.8. The summed E-state index contributed by atoms with van der Waals surface area (Å²) in [5.74, 6) is 0.0831. The van der Waals surface area contributed by atoms with Gasteiger partial charge in [0, 0.05) is 40.3 Å². The maximum absolute atomic E-state index is 12.8. The number of amides is 1. The zero-order valence-corrected chi connectivity index (χ0v) is 14.0. The van der Waals surface area contributed by atoms with Gasteiger partial charge in [-0.05, 0) is 31.1 Å². The lowest BCUT2D eigenvalue weighted by molar-refractivity contribution is -0.112. The molecule has 3 nitrogen and oxygen atoms in total. The average Bonchev–Trinajstić information content (AvgIpc) is 3.15. The lowest BCUT2D eigenvalue weighted by Crippen LogP contribution is -2.25. The number of fused-ring (bicyclic) bond motifs is 2. The Kier molecular flexibility index (Phi) is 3.49. The number of hydrogen-bond acceptors (Lipinski definition) is 1. The van der Waals surface area contributed by atoms with E-state index >= 15 is 0 Å². The van der Waals surface area contributed by atoms with Crippen molar-refractivity contribution in [1.29, 1.82) is 0 Å². The molecule has 3 heteroatoms. The van der Waals surface area contributed by atoms with Crippen LogP contribution in [-0.4, -0.2) is 17.4 Å². The van der Waals surface area contributed by atoms with Crippen molar-refractivity contribution in [1.82, 2.24) is 4.98 Å². The number of H-pyrrole nitrogens is 1. The summed E-state index contributed by atoms with van der Waals surface area (Å²) >= 11 is 0. The summed E-state index contributed by atoms with van der Waals surface area (Å²) in [6.45, 7) is 4.85. The summed E-state index contributed by atoms with van der Waals surface area (Å²) < 4.78 is 0. The molecule has 2 heterocycles. The highest BCUT2D eigenvalue weighted by Crippen LogP contribution is 2.38. The minimum absolute atomic E-state index is 0.0831. The van der Waals surface area contributed by atoms with Gasteiger partial charge in [-0.3, -0.25) is 4.79 Å². The van der Waals surface area contributed by atoms with E-state index in [2.05, 4.69) is 30.1 Å². The fourth-order valence-corrected chi connectivity index (χ4v) is 3.57. The highest BCUT2D eigenvalue weighted by Gasteiger charge is 2.30. The number of anilines is 1. The third-order valence-corrected chi connectivity index (χ3v) is 4.79. The van der Waals surface area contributed by atoms with Gasteiger partial charge in [0.25, 0.3) is 5.91 Å². The summed E-state index contributed by atoms with van der Waals surface area (Å²) in [4.78, 5) is 18.0. The van der Waals surface area contributed by atoms with Crippen molar-refractivity contribution in [2.24, 2.45) is 0 Å². The molecule has 0 radical (unpaired) electrons. The van der Waals surface area contributed by atoms with E-state index in [0.29, 0.717) is 6.54 Å². The van der Waals surface area contributed by atoms with Crippen LogP contribution in [0.1, 0.15) is 30.5 Å². The first-order valence-electron chi connectivity index (χ1n) is 8.46. The van der Waals surface area contributed by atoms with E-state index in [1.165, 1.54) is 10.9 Å². The largest absolute Gasteiger partial charge is 0.360 e. The van der Waals surface area contributed by atoms with Gasteiger partial charge >= 0.3 is 0 Å². The first-order valence-corrected chi connectivity index (χ1v) is 8.46. The number of aromatic nitrogens is 1. The molecule has 24 heavy (non-hydrogen) atoms. The van der Waals surface area contributed by atoms with Crippen LogP contribution in [0.15, 0.2) is 48.7 Å². The summed E-state index contributed by atoms with van der Waals surface area (Å²) in [5, 5.41) is 1.17. The van der Waals surface area contributed by atoms with E-state index in [9.17, 15) is 4.79 Å². The van der Waals surface area contributed by atoms with Crippen LogP contribution >= 0.6 is 0 Å². The average molecular weight is 316 g/mol. The van der Waals surface area contributed by atoms with E-state index in [1.54, 1.807) is 0 Å². The zero-order valence-electron chi connectivity index (χ0n) is 14.0. The maximum Gasteiger partial charge on any atom is 0.258 e. The fraction of sp³-hybridized carbons (Fsp3) is 0.190. The normalized spacial score (nSPS) is 15.5. The number of carbonyl (C=O) groups is 1.